The lowest BCUT2D eigenvalue weighted by molar-refractivity contribution is 0.904. The zero-order chi connectivity index (χ0) is 9.38. The predicted octanol–water partition coefficient (Wildman–Crippen LogP) is 2.36. The van der Waals surface area contributed by atoms with E-state index in [0.29, 0.717) is 0 Å². The Balaban J connectivity index is 2.20. The Hall–Kier alpha value is -1.57. The van der Waals surface area contributed by atoms with E-state index in [9.17, 15) is 0 Å². The van der Waals surface area contributed by atoms with Crippen LogP contribution in [0.15, 0.2) is 36.9 Å². The van der Waals surface area contributed by atoms with Crippen molar-refractivity contribution in [2.24, 2.45) is 0 Å². The second kappa shape index (κ2) is 2.98. The molecule has 1 heterocycles. The maximum atomic E-state index is 4.09. The van der Waals surface area contributed by atoms with Gasteiger partial charge in [0.05, 0.1) is 6.33 Å². The number of imidazole rings is 1. The number of benzene rings is 1. The second-order valence-corrected chi connectivity index (χ2v) is 3.74. The van der Waals surface area contributed by atoms with Crippen LogP contribution in [0.5, 0.6) is 0 Å². The van der Waals surface area contributed by atoms with Gasteiger partial charge in [-0.1, -0.05) is 12.1 Å². The number of rotatable bonds is 1. The molecule has 70 valence electrons. The first-order chi connectivity index (χ1) is 6.95. The molecule has 14 heavy (non-hydrogen) atoms. The summed E-state index contributed by atoms with van der Waals surface area (Å²) in [5, 5.41) is 0. The highest BCUT2D eigenvalue weighted by molar-refractivity contribution is 5.48. The Labute approximate surface area is 83.2 Å². The summed E-state index contributed by atoms with van der Waals surface area (Å²) < 4.78 is 2.10. The predicted molar refractivity (Wildman–Crippen MR) is 55.6 cm³/mol. The lowest BCUT2D eigenvalue weighted by Gasteiger charge is -2.08. The third kappa shape index (κ3) is 1.07. The molecule has 0 bridgehead atoms. The maximum absolute atomic E-state index is 4.09. The Morgan fingerprint density at radius 1 is 1.21 bits per heavy atom. The van der Waals surface area contributed by atoms with Gasteiger partial charge in [-0.15, -0.1) is 0 Å². The van der Waals surface area contributed by atoms with Crippen LogP contribution in [-0.4, -0.2) is 9.55 Å². The molecule has 0 N–H and O–H groups in total. The van der Waals surface area contributed by atoms with Crippen LogP contribution in [0.3, 0.4) is 0 Å². The topological polar surface area (TPSA) is 17.8 Å². The lowest BCUT2D eigenvalue weighted by atomic mass is 10.1. The average molecular weight is 184 g/mol. The van der Waals surface area contributed by atoms with Crippen LogP contribution < -0.4 is 0 Å². The van der Waals surface area contributed by atoms with E-state index in [1.165, 1.54) is 36.1 Å². The van der Waals surface area contributed by atoms with Crippen molar-refractivity contribution in [2.75, 3.05) is 0 Å². The minimum absolute atomic E-state index is 1.21. The first kappa shape index (κ1) is 7.80. The van der Waals surface area contributed by atoms with E-state index in [-0.39, 0.29) is 0 Å². The number of nitrogens with zero attached hydrogens (tertiary/aromatic N) is 2. The second-order valence-electron chi connectivity index (χ2n) is 3.74. The summed E-state index contributed by atoms with van der Waals surface area (Å²) in [6.45, 7) is 0. The quantitative estimate of drug-likeness (QED) is 0.665. The first-order valence-corrected chi connectivity index (χ1v) is 5.04. The highest BCUT2D eigenvalue weighted by Gasteiger charge is 2.14. The van der Waals surface area contributed by atoms with Gasteiger partial charge in [-0.3, -0.25) is 0 Å². The van der Waals surface area contributed by atoms with Crippen LogP contribution in [0.4, 0.5) is 0 Å². The van der Waals surface area contributed by atoms with Crippen LogP contribution >= 0.6 is 0 Å². The number of hydrogen-bond acceptors (Lipinski definition) is 1. The van der Waals surface area contributed by atoms with E-state index in [4.69, 9.17) is 0 Å². The molecule has 0 spiro atoms. The number of hydrogen-bond donors (Lipinski definition) is 0. The average Bonchev–Trinajstić information content (AvgIpc) is 2.88. The van der Waals surface area contributed by atoms with E-state index in [0.717, 1.165) is 0 Å². The molecule has 0 saturated carbocycles. The van der Waals surface area contributed by atoms with Crippen molar-refractivity contribution < 1.29 is 0 Å². The molecule has 2 aromatic rings. The van der Waals surface area contributed by atoms with Crippen LogP contribution in [0, 0.1) is 0 Å². The van der Waals surface area contributed by atoms with Gasteiger partial charge in [0.2, 0.25) is 0 Å². The summed E-state index contributed by atoms with van der Waals surface area (Å²) in [4.78, 5) is 4.09. The third-order valence-electron chi connectivity index (χ3n) is 2.90. The SMILES string of the molecule is c1cc2c(c(-n3ccnc3)c1)CCC2. The van der Waals surface area contributed by atoms with E-state index in [1.807, 2.05) is 18.7 Å². The molecular formula is C12H12N2. The van der Waals surface area contributed by atoms with E-state index in [2.05, 4.69) is 27.8 Å². The molecule has 0 atom stereocenters. The van der Waals surface area contributed by atoms with Gasteiger partial charge >= 0.3 is 0 Å². The van der Waals surface area contributed by atoms with Crippen molar-refractivity contribution in [1.29, 1.82) is 0 Å². The molecule has 1 aromatic carbocycles. The fourth-order valence-electron chi connectivity index (χ4n) is 2.24. The summed E-state index contributed by atoms with van der Waals surface area (Å²) >= 11 is 0. The summed E-state index contributed by atoms with van der Waals surface area (Å²) in [7, 11) is 0. The molecule has 2 nitrogen and oxygen atoms in total. The Kier molecular flexibility index (Phi) is 1.66. The third-order valence-corrected chi connectivity index (χ3v) is 2.90. The summed E-state index contributed by atoms with van der Waals surface area (Å²) in [5.74, 6) is 0. The Morgan fingerprint density at radius 3 is 3.07 bits per heavy atom. The standard InChI is InChI=1S/C12H12N2/c1-3-10-4-2-6-12(11(10)5-1)14-8-7-13-9-14/h2,4,6-9H,1,3,5H2. The van der Waals surface area contributed by atoms with Gasteiger partial charge in [0.1, 0.15) is 0 Å². The highest BCUT2D eigenvalue weighted by atomic mass is 15.0. The van der Waals surface area contributed by atoms with E-state index < -0.39 is 0 Å². The maximum Gasteiger partial charge on any atom is 0.0991 e. The van der Waals surface area contributed by atoms with E-state index >= 15 is 0 Å². The van der Waals surface area contributed by atoms with Crippen molar-refractivity contribution >= 4 is 0 Å². The molecule has 1 aliphatic carbocycles. The monoisotopic (exact) mass is 184 g/mol. The normalized spacial score (nSPS) is 14.3. The van der Waals surface area contributed by atoms with Gasteiger partial charge in [0.15, 0.2) is 0 Å². The van der Waals surface area contributed by atoms with Gasteiger partial charge in [-0.05, 0) is 36.5 Å². The molecule has 1 aromatic heterocycles. The van der Waals surface area contributed by atoms with Crippen molar-refractivity contribution in [3.63, 3.8) is 0 Å². The van der Waals surface area contributed by atoms with Crippen molar-refractivity contribution in [1.82, 2.24) is 9.55 Å². The largest absolute Gasteiger partial charge is 0.306 e. The van der Waals surface area contributed by atoms with Gasteiger partial charge < -0.3 is 4.57 Å². The molecule has 0 aliphatic heterocycles. The highest BCUT2D eigenvalue weighted by Crippen LogP contribution is 2.27. The smallest absolute Gasteiger partial charge is 0.0991 e. The molecule has 3 rings (SSSR count). The van der Waals surface area contributed by atoms with Gasteiger partial charge in [0.25, 0.3) is 0 Å². The number of fused-ring (bicyclic) bond motifs is 1. The van der Waals surface area contributed by atoms with Crippen molar-refractivity contribution in [3.8, 4) is 5.69 Å². The summed E-state index contributed by atoms with van der Waals surface area (Å²) in [6.07, 6.45) is 9.44. The number of aromatic nitrogens is 2. The zero-order valence-electron chi connectivity index (χ0n) is 7.98. The molecule has 0 unspecified atom stereocenters. The van der Waals surface area contributed by atoms with Gasteiger partial charge in [-0.2, -0.15) is 0 Å². The molecular weight excluding hydrogens is 172 g/mol. The first-order valence-electron chi connectivity index (χ1n) is 5.04. The Bertz CT molecular complexity index is 443. The van der Waals surface area contributed by atoms with Crippen LogP contribution in [0.25, 0.3) is 5.69 Å². The van der Waals surface area contributed by atoms with Crippen LogP contribution in [0.1, 0.15) is 17.5 Å². The fourth-order valence-corrected chi connectivity index (χ4v) is 2.24. The summed E-state index contributed by atoms with van der Waals surface area (Å²) in [6, 6.07) is 6.55. The number of aryl methyl sites for hydroxylation is 1. The van der Waals surface area contributed by atoms with Gasteiger partial charge in [-0.25, -0.2) is 4.98 Å². The molecule has 0 saturated heterocycles. The van der Waals surface area contributed by atoms with Crippen LogP contribution in [0.2, 0.25) is 0 Å². The van der Waals surface area contributed by atoms with Gasteiger partial charge in [0, 0.05) is 18.1 Å². The fraction of sp³-hybridized carbons (Fsp3) is 0.250. The molecule has 2 heteroatoms. The van der Waals surface area contributed by atoms with Crippen molar-refractivity contribution in [3.05, 3.63) is 48.0 Å². The minimum Gasteiger partial charge on any atom is -0.306 e. The molecule has 0 fully saturated rings. The zero-order valence-corrected chi connectivity index (χ0v) is 7.98. The Morgan fingerprint density at radius 2 is 2.21 bits per heavy atom. The minimum atomic E-state index is 1.21. The molecule has 1 aliphatic rings. The molecule has 0 amide bonds. The van der Waals surface area contributed by atoms with Crippen molar-refractivity contribution in [2.45, 2.75) is 19.3 Å². The summed E-state index contributed by atoms with van der Waals surface area (Å²) in [5.41, 5.74) is 4.32. The lowest BCUT2D eigenvalue weighted by Crippen LogP contribution is -1.96. The van der Waals surface area contributed by atoms with Crippen LogP contribution in [-0.2, 0) is 12.8 Å². The van der Waals surface area contributed by atoms with E-state index in [1.54, 1.807) is 0 Å². The molecule has 0 radical (unpaired) electrons.